The molecule has 14 heavy (non-hydrogen) atoms. The van der Waals surface area contributed by atoms with E-state index in [-0.39, 0.29) is 0 Å². The summed E-state index contributed by atoms with van der Waals surface area (Å²) < 4.78 is 0. The van der Waals surface area contributed by atoms with Crippen LogP contribution in [0.5, 0.6) is 0 Å². The molecule has 2 rings (SSSR count). The van der Waals surface area contributed by atoms with Gasteiger partial charge in [0.1, 0.15) is 5.82 Å². The second-order valence-corrected chi connectivity index (χ2v) is 4.79. The monoisotopic (exact) mass is 212 g/mol. The molecule has 1 aromatic rings. The molecule has 2 heterocycles. The third-order valence-electron chi connectivity index (χ3n) is 2.52. The molecule has 0 aromatic carbocycles. The second-order valence-electron chi connectivity index (χ2n) is 3.57. The highest BCUT2D eigenvalue weighted by Crippen LogP contribution is 2.29. The Bertz CT molecular complexity index is 280. The molecule has 1 saturated heterocycles. The van der Waals surface area contributed by atoms with Crippen molar-refractivity contribution < 1.29 is 0 Å². The van der Waals surface area contributed by atoms with Gasteiger partial charge in [0.25, 0.3) is 0 Å². The molecule has 0 spiro atoms. The molecule has 1 aliphatic rings. The van der Waals surface area contributed by atoms with Gasteiger partial charge in [0.15, 0.2) is 5.82 Å². The van der Waals surface area contributed by atoms with E-state index in [2.05, 4.69) is 15.2 Å². The molecule has 5 heteroatoms. The lowest BCUT2D eigenvalue weighted by Gasteiger charge is -2.17. The maximum absolute atomic E-state index is 5.46. The van der Waals surface area contributed by atoms with Crippen molar-refractivity contribution in [2.75, 3.05) is 18.1 Å². The number of thioether (sulfide) groups is 1. The molecule has 0 unspecified atom stereocenters. The Morgan fingerprint density at radius 3 is 2.93 bits per heavy atom. The van der Waals surface area contributed by atoms with E-state index in [1.165, 1.54) is 24.3 Å². The molecule has 1 fully saturated rings. The van der Waals surface area contributed by atoms with Crippen molar-refractivity contribution in [1.29, 1.82) is 0 Å². The number of nitrogens with one attached hydrogen (secondary N) is 1. The van der Waals surface area contributed by atoms with Crippen LogP contribution in [0, 0.1) is 0 Å². The van der Waals surface area contributed by atoms with Crippen LogP contribution in [-0.2, 0) is 6.42 Å². The molecule has 1 aromatic heterocycles. The van der Waals surface area contributed by atoms with Crippen LogP contribution in [0.15, 0.2) is 0 Å². The van der Waals surface area contributed by atoms with Gasteiger partial charge < -0.3 is 5.73 Å². The lowest BCUT2D eigenvalue weighted by atomic mass is 10.0. The summed E-state index contributed by atoms with van der Waals surface area (Å²) in [6.07, 6.45) is 3.23. The molecule has 0 radical (unpaired) electrons. The van der Waals surface area contributed by atoms with E-state index in [4.69, 9.17) is 5.73 Å². The highest BCUT2D eigenvalue weighted by atomic mass is 32.2. The molecule has 1 aliphatic heterocycles. The molecular formula is C9H16N4S. The summed E-state index contributed by atoms with van der Waals surface area (Å²) in [6, 6.07) is 0. The third kappa shape index (κ3) is 2.27. The van der Waals surface area contributed by atoms with Gasteiger partial charge in [-0.2, -0.15) is 16.9 Å². The van der Waals surface area contributed by atoms with E-state index in [1.54, 1.807) is 0 Å². The molecule has 0 bridgehead atoms. The Balaban J connectivity index is 2.00. The number of H-pyrrole nitrogens is 1. The highest BCUT2D eigenvalue weighted by molar-refractivity contribution is 7.99. The normalized spacial score (nSPS) is 18.6. The van der Waals surface area contributed by atoms with Crippen LogP contribution in [0.1, 0.15) is 30.4 Å². The zero-order valence-corrected chi connectivity index (χ0v) is 9.02. The van der Waals surface area contributed by atoms with Gasteiger partial charge in [-0.15, -0.1) is 0 Å². The summed E-state index contributed by atoms with van der Waals surface area (Å²) in [4.78, 5) is 4.47. The summed E-state index contributed by atoms with van der Waals surface area (Å²) >= 11 is 2.02. The van der Waals surface area contributed by atoms with Crippen molar-refractivity contribution in [2.45, 2.75) is 25.2 Å². The van der Waals surface area contributed by atoms with Crippen molar-refractivity contribution >= 4 is 11.8 Å². The summed E-state index contributed by atoms with van der Waals surface area (Å²) in [6.45, 7) is 0.634. The largest absolute Gasteiger partial charge is 0.330 e. The van der Waals surface area contributed by atoms with Crippen molar-refractivity contribution in [2.24, 2.45) is 5.73 Å². The highest BCUT2D eigenvalue weighted by Gasteiger charge is 2.19. The molecule has 0 saturated carbocycles. The number of nitrogens with two attached hydrogens (primary N) is 1. The van der Waals surface area contributed by atoms with Gasteiger partial charge in [-0.3, -0.25) is 5.10 Å². The van der Waals surface area contributed by atoms with Gasteiger partial charge in [-0.25, -0.2) is 4.98 Å². The summed E-state index contributed by atoms with van der Waals surface area (Å²) in [5.41, 5.74) is 5.46. The Labute approximate surface area is 88.1 Å². The van der Waals surface area contributed by atoms with Crippen LogP contribution >= 0.6 is 11.8 Å². The van der Waals surface area contributed by atoms with Crippen LogP contribution in [-0.4, -0.2) is 33.2 Å². The first-order chi connectivity index (χ1) is 6.90. The fraction of sp³-hybridized carbons (Fsp3) is 0.778. The Morgan fingerprint density at radius 2 is 2.21 bits per heavy atom. The van der Waals surface area contributed by atoms with Crippen molar-refractivity contribution in [3.05, 3.63) is 11.6 Å². The van der Waals surface area contributed by atoms with E-state index < -0.39 is 0 Å². The van der Waals surface area contributed by atoms with Crippen LogP contribution in [0.2, 0.25) is 0 Å². The summed E-state index contributed by atoms with van der Waals surface area (Å²) in [5.74, 6) is 4.98. The molecule has 0 atom stereocenters. The minimum absolute atomic E-state index is 0.569. The first-order valence-corrected chi connectivity index (χ1v) is 6.24. The maximum atomic E-state index is 5.46. The lowest BCUT2D eigenvalue weighted by Crippen LogP contribution is -2.09. The molecular weight excluding hydrogens is 196 g/mol. The van der Waals surface area contributed by atoms with Crippen molar-refractivity contribution in [3.8, 4) is 0 Å². The lowest BCUT2D eigenvalue weighted by molar-refractivity contribution is 0.600. The number of hydrogen-bond acceptors (Lipinski definition) is 4. The first kappa shape index (κ1) is 9.98. The van der Waals surface area contributed by atoms with Crippen LogP contribution < -0.4 is 5.73 Å². The van der Waals surface area contributed by atoms with Crippen molar-refractivity contribution in [3.63, 3.8) is 0 Å². The summed E-state index contributed by atoms with van der Waals surface area (Å²) in [7, 11) is 0. The van der Waals surface area contributed by atoms with Gasteiger partial charge in [-0.1, -0.05) is 0 Å². The standard InChI is InChI=1S/C9H16N4S/c10-4-1-8-11-9(13-12-8)7-2-5-14-6-3-7/h7H,1-6,10H2,(H,11,12,13). The number of nitrogens with zero attached hydrogens (tertiary/aromatic N) is 2. The molecule has 78 valence electrons. The van der Waals surface area contributed by atoms with E-state index in [0.29, 0.717) is 12.5 Å². The first-order valence-electron chi connectivity index (χ1n) is 5.09. The zero-order chi connectivity index (χ0) is 9.80. The van der Waals surface area contributed by atoms with E-state index >= 15 is 0 Å². The van der Waals surface area contributed by atoms with E-state index in [1.807, 2.05) is 11.8 Å². The van der Waals surface area contributed by atoms with E-state index in [9.17, 15) is 0 Å². The SMILES string of the molecule is NCCc1nc(C2CCSCC2)n[nH]1. The molecule has 4 nitrogen and oxygen atoms in total. The molecule has 3 N–H and O–H groups in total. The fourth-order valence-corrected chi connectivity index (χ4v) is 2.80. The minimum Gasteiger partial charge on any atom is -0.330 e. The quantitative estimate of drug-likeness (QED) is 0.781. The van der Waals surface area contributed by atoms with Gasteiger partial charge >= 0.3 is 0 Å². The summed E-state index contributed by atoms with van der Waals surface area (Å²) in [5, 5.41) is 7.21. The zero-order valence-electron chi connectivity index (χ0n) is 8.20. The fourth-order valence-electron chi connectivity index (χ4n) is 1.70. The van der Waals surface area contributed by atoms with Gasteiger partial charge in [0.2, 0.25) is 0 Å². The Morgan fingerprint density at radius 1 is 1.43 bits per heavy atom. The van der Waals surface area contributed by atoms with Crippen molar-refractivity contribution in [1.82, 2.24) is 15.2 Å². The number of aromatic amines is 1. The van der Waals surface area contributed by atoms with Crippen LogP contribution in [0.25, 0.3) is 0 Å². The van der Waals surface area contributed by atoms with Gasteiger partial charge in [-0.05, 0) is 30.9 Å². The third-order valence-corrected chi connectivity index (χ3v) is 3.57. The van der Waals surface area contributed by atoms with Gasteiger partial charge in [0, 0.05) is 12.3 Å². The van der Waals surface area contributed by atoms with Crippen LogP contribution in [0.3, 0.4) is 0 Å². The number of rotatable bonds is 3. The average molecular weight is 212 g/mol. The Hall–Kier alpha value is -0.550. The van der Waals surface area contributed by atoms with Gasteiger partial charge in [0.05, 0.1) is 0 Å². The second kappa shape index (κ2) is 4.79. The van der Waals surface area contributed by atoms with Crippen LogP contribution in [0.4, 0.5) is 0 Å². The maximum Gasteiger partial charge on any atom is 0.153 e. The predicted molar refractivity (Wildman–Crippen MR) is 58.4 cm³/mol. The molecule has 0 amide bonds. The topological polar surface area (TPSA) is 67.6 Å². The Kier molecular flexibility index (Phi) is 3.42. The smallest absolute Gasteiger partial charge is 0.153 e. The number of hydrogen-bond donors (Lipinski definition) is 2. The van der Waals surface area contributed by atoms with E-state index in [0.717, 1.165) is 18.1 Å². The molecule has 0 aliphatic carbocycles. The number of aromatic nitrogens is 3. The minimum atomic E-state index is 0.569. The average Bonchev–Trinajstić information content (AvgIpc) is 2.68. The predicted octanol–water partition coefficient (Wildman–Crippen LogP) is 0.916.